The van der Waals surface area contributed by atoms with Crippen molar-refractivity contribution in [3.8, 4) is 22.3 Å². The van der Waals surface area contributed by atoms with Crippen molar-refractivity contribution in [1.82, 2.24) is 0 Å². The first-order chi connectivity index (χ1) is 10.9. The Morgan fingerprint density at radius 3 is 1.83 bits per heavy atom. The molecule has 0 radical (unpaired) electrons. The minimum Gasteiger partial charge on any atom is -0.398 e. The fourth-order valence-corrected chi connectivity index (χ4v) is 2.89. The second kappa shape index (κ2) is 5.92. The Morgan fingerprint density at radius 2 is 1.17 bits per heavy atom. The van der Waals surface area contributed by atoms with Gasteiger partial charge in [-0.1, -0.05) is 75.4 Å². The van der Waals surface area contributed by atoms with E-state index in [4.69, 9.17) is 5.73 Å². The predicted octanol–water partition coefficient (Wildman–Crippen LogP) is 5.90. The number of hydrogen-bond acceptors (Lipinski definition) is 1. The third-order valence-electron chi connectivity index (χ3n) is 4.16. The Hall–Kier alpha value is -2.54. The molecular formula is C22H23N. The molecule has 2 N–H and O–H groups in total. The maximum atomic E-state index is 6.17. The zero-order chi connectivity index (χ0) is 16.4. The summed E-state index contributed by atoms with van der Waals surface area (Å²) in [5, 5.41) is 0. The maximum absolute atomic E-state index is 6.17. The van der Waals surface area contributed by atoms with E-state index < -0.39 is 0 Å². The first-order valence-corrected chi connectivity index (χ1v) is 8.01. The van der Waals surface area contributed by atoms with Crippen LogP contribution in [0.25, 0.3) is 22.3 Å². The lowest BCUT2D eigenvalue weighted by Gasteiger charge is -2.22. The van der Waals surface area contributed by atoms with Gasteiger partial charge in [-0.2, -0.15) is 0 Å². The number of nitrogen functional groups attached to an aromatic ring is 1. The van der Waals surface area contributed by atoms with Crippen LogP contribution in [0.5, 0.6) is 0 Å². The molecule has 1 heteroatoms. The van der Waals surface area contributed by atoms with Crippen LogP contribution in [0.3, 0.4) is 0 Å². The average Bonchev–Trinajstić information content (AvgIpc) is 2.55. The van der Waals surface area contributed by atoms with Gasteiger partial charge in [0.15, 0.2) is 0 Å². The fourth-order valence-electron chi connectivity index (χ4n) is 2.89. The summed E-state index contributed by atoms with van der Waals surface area (Å²) in [4.78, 5) is 0. The Balaban J connectivity index is 2.07. The molecular weight excluding hydrogens is 278 g/mol. The Morgan fingerprint density at radius 1 is 0.609 bits per heavy atom. The molecule has 3 aromatic carbocycles. The van der Waals surface area contributed by atoms with E-state index in [-0.39, 0.29) is 5.41 Å². The van der Waals surface area contributed by atoms with Crippen LogP contribution in [0, 0.1) is 0 Å². The molecule has 0 atom stereocenters. The molecule has 3 rings (SSSR count). The van der Waals surface area contributed by atoms with Gasteiger partial charge in [-0.3, -0.25) is 0 Å². The lowest BCUT2D eigenvalue weighted by Crippen LogP contribution is -2.13. The van der Waals surface area contributed by atoms with Gasteiger partial charge in [0.2, 0.25) is 0 Å². The molecule has 3 aromatic rings. The zero-order valence-electron chi connectivity index (χ0n) is 14.0. The highest BCUT2D eigenvalue weighted by Gasteiger charge is 2.17. The summed E-state index contributed by atoms with van der Waals surface area (Å²) in [5.74, 6) is 0. The number of benzene rings is 3. The molecule has 0 unspecified atom stereocenters. The Labute approximate surface area is 138 Å². The largest absolute Gasteiger partial charge is 0.398 e. The maximum Gasteiger partial charge on any atom is 0.0352 e. The van der Waals surface area contributed by atoms with E-state index in [2.05, 4.69) is 81.4 Å². The molecule has 0 aromatic heterocycles. The minimum absolute atomic E-state index is 0.0388. The smallest absolute Gasteiger partial charge is 0.0352 e. The molecule has 0 heterocycles. The van der Waals surface area contributed by atoms with Crippen LogP contribution in [0.1, 0.15) is 26.3 Å². The molecule has 0 saturated heterocycles. The van der Waals surface area contributed by atoms with Crippen LogP contribution in [0.15, 0.2) is 72.8 Å². The topological polar surface area (TPSA) is 26.0 Å². The zero-order valence-corrected chi connectivity index (χ0v) is 14.0. The van der Waals surface area contributed by atoms with Crippen LogP contribution in [0.4, 0.5) is 5.69 Å². The normalized spacial score (nSPS) is 11.4. The van der Waals surface area contributed by atoms with Crippen molar-refractivity contribution in [1.29, 1.82) is 0 Å². The quantitative estimate of drug-likeness (QED) is 0.586. The molecule has 23 heavy (non-hydrogen) atoms. The lowest BCUT2D eigenvalue weighted by molar-refractivity contribution is 0.593. The molecule has 0 spiro atoms. The summed E-state index contributed by atoms with van der Waals surface area (Å²) in [6.45, 7) is 6.59. The summed E-state index contributed by atoms with van der Waals surface area (Å²) in [5.41, 5.74) is 13.2. The predicted molar refractivity (Wildman–Crippen MR) is 100 cm³/mol. The van der Waals surface area contributed by atoms with E-state index in [0.29, 0.717) is 0 Å². The molecule has 0 bridgehead atoms. The summed E-state index contributed by atoms with van der Waals surface area (Å²) >= 11 is 0. The van der Waals surface area contributed by atoms with E-state index in [1.807, 2.05) is 12.1 Å². The highest BCUT2D eigenvalue weighted by Crippen LogP contribution is 2.33. The van der Waals surface area contributed by atoms with Gasteiger partial charge in [0.1, 0.15) is 0 Å². The van der Waals surface area contributed by atoms with Crippen molar-refractivity contribution in [3.05, 3.63) is 78.4 Å². The molecule has 0 saturated carbocycles. The number of rotatable bonds is 2. The van der Waals surface area contributed by atoms with Crippen LogP contribution in [0.2, 0.25) is 0 Å². The van der Waals surface area contributed by atoms with Gasteiger partial charge in [-0.15, -0.1) is 0 Å². The van der Waals surface area contributed by atoms with Crippen molar-refractivity contribution in [2.24, 2.45) is 0 Å². The highest BCUT2D eigenvalue weighted by atomic mass is 14.6. The second-order valence-corrected chi connectivity index (χ2v) is 7.00. The van der Waals surface area contributed by atoms with Crippen molar-refractivity contribution in [2.75, 3.05) is 5.73 Å². The van der Waals surface area contributed by atoms with Gasteiger partial charge in [0, 0.05) is 5.69 Å². The van der Waals surface area contributed by atoms with E-state index in [0.717, 1.165) is 5.69 Å². The minimum atomic E-state index is 0.0388. The monoisotopic (exact) mass is 301 g/mol. The van der Waals surface area contributed by atoms with Crippen molar-refractivity contribution in [3.63, 3.8) is 0 Å². The first kappa shape index (κ1) is 15.4. The molecule has 0 aliphatic carbocycles. The van der Waals surface area contributed by atoms with Crippen LogP contribution >= 0.6 is 0 Å². The second-order valence-electron chi connectivity index (χ2n) is 7.00. The van der Waals surface area contributed by atoms with Crippen LogP contribution in [-0.2, 0) is 5.41 Å². The highest BCUT2D eigenvalue weighted by molar-refractivity contribution is 5.74. The standard InChI is InChI=1S/C22H23N/c1-22(2,3)20-15-19(12-13-21(20)23)18-11-7-10-17(14-18)16-8-5-4-6-9-16/h4-15H,23H2,1-3H3. The molecule has 0 fully saturated rings. The third-order valence-corrected chi connectivity index (χ3v) is 4.16. The van der Waals surface area contributed by atoms with Crippen LogP contribution < -0.4 is 5.73 Å². The number of nitrogens with two attached hydrogens (primary N) is 1. The van der Waals surface area contributed by atoms with Gasteiger partial charge in [-0.05, 0) is 51.4 Å². The van der Waals surface area contributed by atoms with Crippen molar-refractivity contribution < 1.29 is 0 Å². The SMILES string of the molecule is CC(C)(C)c1cc(-c2cccc(-c3ccccc3)c2)ccc1N. The molecule has 0 aliphatic rings. The Kier molecular flexibility index (Phi) is 3.96. The summed E-state index contributed by atoms with van der Waals surface area (Å²) in [6.07, 6.45) is 0. The first-order valence-electron chi connectivity index (χ1n) is 8.01. The van der Waals surface area contributed by atoms with Gasteiger partial charge in [0.25, 0.3) is 0 Å². The fraction of sp³-hybridized carbons (Fsp3) is 0.182. The van der Waals surface area contributed by atoms with E-state index in [1.165, 1.54) is 27.8 Å². The molecule has 1 nitrogen and oxygen atoms in total. The molecule has 116 valence electrons. The van der Waals surface area contributed by atoms with Gasteiger partial charge in [0.05, 0.1) is 0 Å². The lowest BCUT2D eigenvalue weighted by atomic mass is 9.84. The van der Waals surface area contributed by atoms with E-state index in [9.17, 15) is 0 Å². The Bertz CT molecular complexity index is 811. The van der Waals surface area contributed by atoms with E-state index >= 15 is 0 Å². The number of hydrogen-bond donors (Lipinski definition) is 1. The van der Waals surface area contributed by atoms with Gasteiger partial charge < -0.3 is 5.73 Å². The third kappa shape index (κ3) is 3.29. The average molecular weight is 301 g/mol. The van der Waals surface area contributed by atoms with Crippen molar-refractivity contribution >= 4 is 5.69 Å². The summed E-state index contributed by atoms with van der Waals surface area (Å²) in [7, 11) is 0. The van der Waals surface area contributed by atoms with E-state index in [1.54, 1.807) is 0 Å². The van der Waals surface area contributed by atoms with Crippen molar-refractivity contribution in [2.45, 2.75) is 26.2 Å². The molecule has 0 amide bonds. The van der Waals surface area contributed by atoms with Gasteiger partial charge in [-0.25, -0.2) is 0 Å². The summed E-state index contributed by atoms with van der Waals surface area (Å²) < 4.78 is 0. The van der Waals surface area contributed by atoms with Gasteiger partial charge >= 0.3 is 0 Å². The van der Waals surface area contributed by atoms with Crippen LogP contribution in [-0.4, -0.2) is 0 Å². The molecule has 0 aliphatic heterocycles. The number of anilines is 1. The summed E-state index contributed by atoms with van der Waals surface area (Å²) in [6, 6.07) is 25.5.